The number of hydrogen-bond acceptors (Lipinski definition) is 1. The molecule has 0 spiro atoms. The van der Waals surface area contributed by atoms with Crippen molar-refractivity contribution >= 4 is 11.6 Å². The van der Waals surface area contributed by atoms with E-state index in [0.717, 1.165) is 25.1 Å². The Morgan fingerprint density at radius 3 is 2.89 bits per heavy atom. The minimum absolute atomic E-state index is 0.176. The van der Waals surface area contributed by atoms with Crippen LogP contribution >= 0.6 is 11.6 Å². The first-order chi connectivity index (χ1) is 9.20. The number of rotatable bonds is 6. The molecule has 2 rings (SSSR count). The maximum Gasteiger partial charge on any atom is 0.141 e. The highest BCUT2D eigenvalue weighted by molar-refractivity contribution is 6.30. The molecule has 19 heavy (non-hydrogen) atoms. The molecule has 0 fully saturated rings. The molecule has 0 radical (unpaired) electrons. The van der Waals surface area contributed by atoms with E-state index in [4.69, 9.17) is 11.6 Å². The molecular weight excluding hydrogens is 263 g/mol. The van der Waals surface area contributed by atoms with Gasteiger partial charge >= 0.3 is 0 Å². The molecule has 2 aromatic rings. The van der Waals surface area contributed by atoms with Crippen molar-refractivity contribution in [2.75, 3.05) is 6.54 Å². The molecule has 0 atom stereocenters. The number of nitrogens with one attached hydrogen (secondary N) is 1. The van der Waals surface area contributed by atoms with E-state index >= 15 is 0 Å². The smallest absolute Gasteiger partial charge is 0.141 e. The highest BCUT2D eigenvalue weighted by Gasteiger charge is 2.04. The molecule has 1 aromatic carbocycles. The molecule has 2 nitrogen and oxygen atoms in total. The lowest BCUT2D eigenvalue weighted by Gasteiger charge is -2.10. The zero-order chi connectivity index (χ0) is 13.7. The van der Waals surface area contributed by atoms with Crippen LogP contribution in [0.25, 0.3) is 0 Å². The van der Waals surface area contributed by atoms with Gasteiger partial charge in [0.2, 0.25) is 0 Å². The van der Waals surface area contributed by atoms with Gasteiger partial charge in [0.05, 0.1) is 5.02 Å². The van der Waals surface area contributed by atoms with Crippen LogP contribution in [0.5, 0.6) is 0 Å². The molecule has 0 amide bonds. The summed E-state index contributed by atoms with van der Waals surface area (Å²) in [6.07, 6.45) is 3.15. The minimum Gasteiger partial charge on any atom is -0.346 e. The van der Waals surface area contributed by atoms with Crippen LogP contribution in [0.3, 0.4) is 0 Å². The zero-order valence-electron chi connectivity index (χ0n) is 11.0. The molecule has 0 aliphatic rings. The van der Waals surface area contributed by atoms with Crippen LogP contribution in [0.1, 0.15) is 24.6 Å². The summed E-state index contributed by atoms with van der Waals surface area (Å²) < 4.78 is 15.3. The summed E-state index contributed by atoms with van der Waals surface area (Å²) in [5.41, 5.74) is 2.22. The molecule has 4 heteroatoms. The molecule has 1 N–H and O–H groups in total. The van der Waals surface area contributed by atoms with Gasteiger partial charge in [-0.05, 0) is 42.8 Å². The molecule has 0 aliphatic carbocycles. The van der Waals surface area contributed by atoms with E-state index in [2.05, 4.69) is 22.9 Å². The maximum absolute atomic E-state index is 13.1. The standard InChI is InChI=1S/C15H18ClFN2/c1-2-7-18-10-13-4-3-8-19(13)11-12-5-6-15(17)14(16)9-12/h3-6,8-9,18H,2,7,10-11H2,1H3. The van der Waals surface area contributed by atoms with Crippen molar-refractivity contribution in [3.05, 3.63) is 58.6 Å². The van der Waals surface area contributed by atoms with E-state index in [1.54, 1.807) is 12.1 Å². The maximum atomic E-state index is 13.1. The lowest BCUT2D eigenvalue weighted by molar-refractivity contribution is 0.621. The number of nitrogens with zero attached hydrogens (tertiary/aromatic N) is 1. The zero-order valence-corrected chi connectivity index (χ0v) is 11.8. The van der Waals surface area contributed by atoms with Gasteiger partial charge in [0.15, 0.2) is 0 Å². The van der Waals surface area contributed by atoms with E-state index in [1.807, 2.05) is 12.3 Å². The van der Waals surface area contributed by atoms with Gasteiger partial charge in [0, 0.05) is 25.0 Å². The molecule has 0 saturated carbocycles. The van der Waals surface area contributed by atoms with Crippen molar-refractivity contribution in [1.82, 2.24) is 9.88 Å². The first-order valence-corrected chi connectivity index (χ1v) is 6.87. The fraction of sp³-hybridized carbons (Fsp3) is 0.333. The van der Waals surface area contributed by atoms with Crippen molar-refractivity contribution < 1.29 is 4.39 Å². The lowest BCUT2D eigenvalue weighted by Crippen LogP contribution is -2.17. The highest BCUT2D eigenvalue weighted by Crippen LogP contribution is 2.17. The summed E-state index contributed by atoms with van der Waals surface area (Å²) in [5, 5.41) is 3.55. The molecule has 102 valence electrons. The Labute approximate surface area is 118 Å². The predicted molar refractivity (Wildman–Crippen MR) is 76.9 cm³/mol. The third-order valence-corrected chi connectivity index (χ3v) is 3.28. The fourth-order valence-corrected chi connectivity index (χ4v) is 2.20. The van der Waals surface area contributed by atoms with Crippen molar-refractivity contribution in [3.8, 4) is 0 Å². The molecular formula is C15H18ClFN2. The van der Waals surface area contributed by atoms with Gasteiger partial charge in [-0.15, -0.1) is 0 Å². The van der Waals surface area contributed by atoms with Gasteiger partial charge in [-0.3, -0.25) is 0 Å². The van der Waals surface area contributed by atoms with Crippen LogP contribution in [-0.2, 0) is 13.1 Å². The number of benzene rings is 1. The van der Waals surface area contributed by atoms with Gasteiger partial charge in [-0.1, -0.05) is 24.6 Å². The summed E-state index contributed by atoms with van der Waals surface area (Å²) in [5.74, 6) is -0.372. The second-order valence-corrected chi connectivity index (χ2v) is 4.96. The van der Waals surface area contributed by atoms with E-state index in [1.165, 1.54) is 11.8 Å². The summed E-state index contributed by atoms with van der Waals surface area (Å²) in [4.78, 5) is 0. The first-order valence-electron chi connectivity index (χ1n) is 6.49. The molecule has 0 unspecified atom stereocenters. The van der Waals surface area contributed by atoms with Gasteiger partial charge in [-0.2, -0.15) is 0 Å². The van der Waals surface area contributed by atoms with E-state index < -0.39 is 0 Å². The average Bonchev–Trinajstić information content (AvgIpc) is 2.82. The SMILES string of the molecule is CCCNCc1cccn1Cc1ccc(F)c(Cl)c1. The highest BCUT2D eigenvalue weighted by atomic mass is 35.5. The van der Waals surface area contributed by atoms with Crippen molar-refractivity contribution in [2.45, 2.75) is 26.4 Å². The molecule has 0 bridgehead atoms. The second kappa shape index (κ2) is 6.73. The van der Waals surface area contributed by atoms with Crippen LogP contribution in [-0.4, -0.2) is 11.1 Å². The molecule has 1 aromatic heterocycles. The number of hydrogen-bond donors (Lipinski definition) is 1. The number of halogens is 2. The number of aromatic nitrogens is 1. The quantitative estimate of drug-likeness (QED) is 0.796. The van der Waals surface area contributed by atoms with Crippen molar-refractivity contribution in [2.24, 2.45) is 0 Å². The van der Waals surface area contributed by atoms with Crippen LogP contribution < -0.4 is 5.32 Å². The normalized spacial score (nSPS) is 10.9. The van der Waals surface area contributed by atoms with Crippen LogP contribution in [0, 0.1) is 5.82 Å². The summed E-state index contributed by atoms with van der Waals surface area (Å²) in [7, 11) is 0. The van der Waals surface area contributed by atoms with E-state index in [9.17, 15) is 4.39 Å². The average molecular weight is 281 g/mol. The second-order valence-electron chi connectivity index (χ2n) is 4.55. The molecule has 0 aliphatic heterocycles. The minimum atomic E-state index is -0.372. The largest absolute Gasteiger partial charge is 0.346 e. The Morgan fingerprint density at radius 1 is 1.32 bits per heavy atom. The summed E-state index contributed by atoms with van der Waals surface area (Å²) >= 11 is 5.80. The van der Waals surface area contributed by atoms with Gasteiger partial charge in [0.25, 0.3) is 0 Å². The third kappa shape index (κ3) is 3.82. The van der Waals surface area contributed by atoms with E-state index in [-0.39, 0.29) is 10.8 Å². The topological polar surface area (TPSA) is 17.0 Å². The van der Waals surface area contributed by atoms with Gasteiger partial charge in [-0.25, -0.2) is 4.39 Å². The molecule has 0 saturated heterocycles. The monoisotopic (exact) mass is 280 g/mol. The van der Waals surface area contributed by atoms with Crippen LogP contribution in [0.4, 0.5) is 4.39 Å². The Balaban J connectivity index is 2.06. The van der Waals surface area contributed by atoms with E-state index in [0.29, 0.717) is 6.54 Å². The van der Waals surface area contributed by atoms with Gasteiger partial charge in [0.1, 0.15) is 5.82 Å². The van der Waals surface area contributed by atoms with Crippen LogP contribution in [0.15, 0.2) is 36.5 Å². The first kappa shape index (κ1) is 14.1. The predicted octanol–water partition coefficient (Wildman–Crippen LogP) is 3.83. The van der Waals surface area contributed by atoms with Crippen LogP contribution in [0.2, 0.25) is 5.02 Å². The molecule has 1 heterocycles. The van der Waals surface area contributed by atoms with Gasteiger partial charge < -0.3 is 9.88 Å². The Morgan fingerprint density at radius 2 is 2.16 bits per heavy atom. The Kier molecular flexibility index (Phi) is 5.00. The Hall–Kier alpha value is -1.32. The summed E-state index contributed by atoms with van der Waals surface area (Å²) in [6.45, 7) is 4.70. The summed E-state index contributed by atoms with van der Waals surface area (Å²) in [6, 6.07) is 8.97. The lowest BCUT2D eigenvalue weighted by atomic mass is 10.2. The van der Waals surface area contributed by atoms with Crippen molar-refractivity contribution in [3.63, 3.8) is 0 Å². The third-order valence-electron chi connectivity index (χ3n) is 2.99. The fourth-order valence-electron chi connectivity index (χ4n) is 1.99. The van der Waals surface area contributed by atoms with Crippen molar-refractivity contribution in [1.29, 1.82) is 0 Å². The Bertz CT molecular complexity index is 537.